The average molecular weight is 457 g/mol. The number of aromatic nitrogens is 4. The van der Waals surface area contributed by atoms with Crippen molar-refractivity contribution in [2.24, 2.45) is 0 Å². The molecule has 1 aromatic carbocycles. The third-order valence-corrected chi connectivity index (χ3v) is 8.27. The van der Waals surface area contributed by atoms with Gasteiger partial charge in [-0.25, -0.2) is 23.4 Å². The molecule has 1 fully saturated rings. The molecule has 1 saturated heterocycles. The van der Waals surface area contributed by atoms with Crippen LogP contribution in [-0.2, 0) is 10.0 Å². The molecule has 0 spiro atoms. The summed E-state index contributed by atoms with van der Waals surface area (Å²) >= 11 is 0. The normalized spacial score (nSPS) is 15.2. The van der Waals surface area contributed by atoms with Crippen LogP contribution in [0.5, 0.6) is 5.75 Å². The number of benzene rings is 1. The number of imidazole rings is 1. The van der Waals surface area contributed by atoms with E-state index in [1.54, 1.807) is 29.9 Å². The van der Waals surface area contributed by atoms with Crippen LogP contribution < -0.4 is 9.64 Å². The summed E-state index contributed by atoms with van der Waals surface area (Å²) in [6.07, 6.45) is 3.28. The minimum Gasteiger partial charge on any atom is -0.496 e. The number of ether oxygens (including phenoxy) is 1. The lowest BCUT2D eigenvalue weighted by atomic mass is 10.1. The number of piperazine rings is 1. The molecule has 3 heterocycles. The largest absolute Gasteiger partial charge is 0.496 e. The molecule has 0 N–H and O–H groups in total. The van der Waals surface area contributed by atoms with E-state index in [1.807, 2.05) is 38.3 Å². The minimum atomic E-state index is -3.59. The molecule has 0 bridgehead atoms. The smallest absolute Gasteiger partial charge is 0.243 e. The zero-order valence-electron chi connectivity index (χ0n) is 19.0. The fourth-order valence-electron chi connectivity index (χ4n) is 3.94. The Bertz CT molecular complexity index is 1250. The number of methoxy groups -OCH3 is 1. The van der Waals surface area contributed by atoms with Gasteiger partial charge in [-0.3, -0.25) is 4.57 Å². The quantitative estimate of drug-likeness (QED) is 0.582. The lowest BCUT2D eigenvalue weighted by Gasteiger charge is -2.35. The van der Waals surface area contributed by atoms with Gasteiger partial charge in [-0.1, -0.05) is 0 Å². The standard InChI is InChI=1S/C22H28N6O3S/c1-15-16(2)20(7-6-19(15)31-5)32(29,30)27-10-8-26(9-11-27)21-12-22(24-13-23-21)28-14-25-17(3)18(28)4/h6-7,12-14H,8-11H2,1-5H3. The Morgan fingerprint density at radius 1 is 0.906 bits per heavy atom. The van der Waals surface area contributed by atoms with E-state index < -0.39 is 10.0 Å². The van der Waals surface area contributed by atoms with Crippen molar-refractivity contribution in [2.75, 3.05) is 38.2 Å². The van der Waals surface area contributed by atoms with Crippen molar-refractivity contribution in [3.05, 3.63) is 53.4 Å². The van der Waals surface area contributed by atoms with Crippen LogP contribution in [0.4, 0.5) is 5.82 Å². The monoisotopic (exact) mass is 456 g/mol. The second-order valence-corrected chi connectivity index (χ2v) is 9.83. The maximum atomic E-state index is 13.3. The first-order valence-electron chi connectivity index (χ1n) is 10.5. The van der Waals surface area contributed by atoms with Crippen LogP contribution in [0.25, 0.3) is 5.82 Å². The molecule has 0 aliphatic carbocycles. The zero-order chi connectivity index (χ0) is 23.0. The van der Waals surface area contributed by atoms with Crippen LogP contribution in [-0.4, -0.2) is 65.5 Å². The molecule has 32 heavy (non-hydrogen) atoms. The Kier molecular flexibility index (Phi) is 5.91. The van der Waals surface area contributed by atoms with Gasteiger partial charge >= 0.3 is 0 Å². The number of aryl methyl sites for hydroxylation is 1. The van der Waals surface area contributed by atoms with Gasteiger partial charge < -0.3 is 9.64 Å². The Labute approximate surface area is 188 Å². The van der Waals surface area contributed by atoms with Gasteiger partial charge in [-0.15, -0.1) is 0 Å². The third-order valence-electron chi connectivity index (χ3n) is 6.22. The second kappa shape index (κ2) is 8.51. The molecular formula is C22H28N6O3S. The van der Waals surface area contributed by atoms with Gasteiger partial charge in [-0.2, -0.15) is 4.31 Å². The number of anilines is 1. The first-order valence-corrected chi connectivity index (χ1v) is 11.9. The fourth-order valence-corrected chi connectivity index (χ4v) is 5.64. The van der Waals surface area contributed by atoms with Crippen LogP contribution in [0.1, 0.15) is 22.5 Å². The van der Waals surface area contributed by atoms with Crippen molar-refractivity contribution in [3.8, 4) is 11.6 Å². The molecule has 9 nitrogen and oxygen atoms in total. The van der Waals surface area contributed by atoms with Crippen molar-refractivity contribution in [1.29, 1.82) is 0 Å². The summed E-state index contributed by atoms with van der Waals surface area (Å²) in [5, 5.41) is 0. The summed E-state index contributed by atoms with van der Waals surface area (Å²) in [6, 6.07) is 5.26. The summed E-state index contributed by atoms with van der Waals surface area (Å²) in [7, 11) is -2.01. The summed E-state index contributed by atoms with van der Waals surface area (Å²) in [5.41, 5.74) is 3.53. The number of sulfonamides is 1. The first kappa shape index (κ1) is 22.2. The summed E-state index contributed by atoms with van der Waals surface area (Å²) in [4.78, 5) is 15.5. The van der Waals surface area contributed by atoms with Crippen molar-refractivity contribution in [1.82, 2.24) is 23.8 Å². The molecule has 0 atom stereocenters. The van der Waals surface area contributed by atoms with Gasteiger partial charge in [0.15, 0.2) is 0 Å². The Balaban J connectivity index is 1.52. The van der Waals surface area contributed by atoms with E-state index in [2.05, 4.69) is 19.9 Å². The molecule has 0 unspecified atom stereocenters. The summed E-state index contributed by atoms with van der Waals surface area (Å²) in [5.74, 6) is 2.20. The van der Waals surface area contributed by atoms with Crippen LogP contribution in [0.15, 0.2) is 35.7 Å². The predicted octanol–water partition coefficient (Wildman–Crippen LogP) is 2.42. The van der Waals surface area contributed by atoms with E-state index in [1.165, 1.54) is 6.33 Å². The molecular weight excluding hydrogens is 428 g/mol. The molecule has 0 amide bonds. The molecule has 10 heteroatoms. The van der Waals surface area contributed by atoms with Crippen molar-refractivity contribution >= 4 is 15.8 Å². The van der Waals surface area contributed by atoms with E-state index in [0.717, 1.165) is 34.2 Å². The first-order chi connectivity index (χ1) is 15.2. The van der Waals surface area contributed by atoms with Gasteiger partial charge in [0.2, 0.25) is 10.0 Å². The highest BCUT2D eigenvalue weighted by Crippen LogP contribution is 2.29. The molecule has 1 aliphatic heterocycles. The molecule has 0 saturated carbocycles. The lowest BCUT2D eigenvalue weighted by molar-refractivity contribution is 0.383. The molecule has 2 aromatic heterocycles. The van der Waals surface area contributed by atoms with E-state index in [9.17, 15) is 8.42 Å². The lowest BCUT2D eigenvalue weighted by Crippen LogP contribution is -2.49. The molecule has 3 aromatic rings. The summed E-state index contributed by atoms with van der Waals surface area (Å²) in [6.45, 7) is 9.52. The topological polar surface area (TPSA) is 93.5 Å². The zero-order valence-corrected chi connectivity index (χ0v) is 19.8. The number of hydrogen-bond acceptors (Lipinski definition) is 7. The molecule has 4 rings (SSSR count). The molecule has 1 aliphatic rings. The maximum absolute atomic E-state index is 13.3. The van der Waals surface area contributed by atoms with E-state index in [0.29, 0.717) is 36.8 Å². The van der Waals surface area contributed by atoms with E-state index in [4.69, 9.17) is 4.74 Å². The molecule has 170 valence electrons. The Morgan fingerprint density at radius 2 is 1.59 bits per heavy atom. The fraction of sp³-hybridized carbons (Fsp3) is 0.409. The van der Waals surface area contributed by atoms with Gasteiger partial charge in [0.05, 0.1) is 17.7 Å². The third kappa shape index (κ3) is 3.84. The van der Waals surface area contributed by atoms with Crippen LogP contribution in [0.2, 0.25) is 0 Å². The van der Waals surface area contributed by atoms with Crippen molar-refractivity contribution in [2.45, 2.75) is 32.6 Å². The van der Waals surface area contributed by atoms with Crippen molar-refractivity contribution in [3.63, 3.8) is 0 Å². The SMILES string of the molecule is COc1ccc(S(=O)(=O)N2CCN(c3cc(-n4cnc(C)c4C)ncn3)CC2)c(C)c1C. The number of nitrogens with zero attached hydrogens (tertiary/aromatic N) is 6. The molecule has 0 radical (unpaired) electrons. The highest BCUT2D eigenvalue weighted by atomic mass is 32.2. The second-order valence-electron chi connectivity index (χ2n) is 7.93. The predicted molar refractivity (Wildman–Crippen MR) is 122 cm³/mol. The van der Waals surface area contributed by atoms with Gasteiger partial charge in [-0.05, 0) is 51.0 Å². The van der Waals surface area contributed by atoms with E-state index in [-0.39, 0.29) is 0 Å². The minimum absolute atomic E-state index is 0.333. The highest BCUT2D eigenvalue weighted by Gasteiger charge is 2.31. The van der Waals surface area contributed by atoms with E-state index >= 15 is 0 Å². The van der Waals surface area contributed by atoms with Crippen LogP contribution >= 0.6 is 0 Å². The van der Waals surface area contributed by atoms with Crippen LogP contribution in [0.3, 0.4) is 0 Å². The van der Waals surface area contributed by atoms with Crippen molar-refractivity contribution < 1.29 is 13.2 Å². The van der Waals surface area contributed by atoms with Gasteiger partial charge in [0, 0.05) is 37.9 Å². The van der Waals surface area contributed by atoms with Crippen LogP contribution in [0, 0.1) is 27.7 Å². The highest BCUT2D eigenvalue weighted by molar-refractivity contribution is 7.89. The summed E-state index contributed by atoms with van der Waals surface area (Å²) < 4.78 is 35.4. The number of rotatable bonds is 5. The number of hydrogen-bond donors (Lipinski definition) is 0. The average Bonchev–Trinajstić information content (AvgIpc) is 3.14. The van der Waals surface area contributed by atoms with Gasteiger partial charge in [0.1, 0.15) is 30.0 Å². The maximum Gasteiger partial charge on any atom is 0.243 e. The van der Waals surface area contributed by atoms with Gasteiger partial charge in [0.25, 0.3) is 0 Å². The Morgan fingerprint density at radius 3 is 2.22 bits per heavy atom. The Hall–Kier alpha value is -2.98.